The zero-order valence-electron chi connectivity index (χ0n) is 16.1. The molecule has 30 heavy (non-hydrogen) atoms. The summed E-state index contributed by atoms with van der Waals surface area (Å²) in [5.41, 5.74) is 1.78. The van der Waals surface area contributed by atoms with Crippen LogP contribution in [0.15, 0.2) is 72.5 Å². The van der Waals surface area contributed by atoms with E-state index in [1.54, 1.807) is 79.9 Å². The number of Topliss-reactive ketones (excluding diaryl/α,β-unsaturated/α-hetero) is 2. The molecule has 3 aromatic carbocycles. The van der Waals surface area contributed by atoms with Crippen LogP contribution in [0.25, 0.3) is 6.08 Å². The first kappa shape index (κ1) is 19.7. The molecule has 0 aromatic heterocycles. The highest BCUT2D eigenvalue weighted by Gasteiger charge is 2.27. The van der Waals surface area contributed by atoms with Crippen LogP contribution in [-0.4, -0.2) is 25.3 Å². The van der Waals surface area contributed by atoms with Crippen LogP contribution >= 0.6 is 11.6 Å². The molecule has 0 unspecified atom stereocenters. The van der Waals surface area contributed by atoms with E-state index in [0.29, 0.717) is 33.4 Å². The molecule has 0 radical (unpaired) electrons. The van der Waals surface area contributed by atoms with E-state index in [1.807, 2.05) is 0 Å². The molecule has 0 bridgehead atoms. The summed E-state index contributed by atoms with van der Waals surface area (Å²) in [6.45, 7) is -0.132. The van der Waals surface area contributed by atoms with E-state index in [4.69, 9.17) is 25.8 Å². The fourth-order valence-corrected chi connectivity index (χ4v) is 3.10. The van der Waals surface area contributed by atoms with E-state index >= 15 is 0 Å². The van der Waals surface area contributed by atoms with Crippen molar-refractivity contribution < 1.29 is 23.8 Å². The molecule has 0 aliphatic carbocycles. The van der Waals surface area contributed by atoms with Crippen molar-refractivity contribution in [2.75, 3.05) is 13.7 Å². The summed E-state index contributed by atoms with van der Waals surface area (Å²) in [6, 6.07) is 18.8. The summed E-state index contributed by atoms with van der Waals surface area (Å²) in [5.74, 6) is 1.36. The van der Waals surface area contributed by atoms with Gasteiger partial charge in [-0.3, -0.25) is 9.59 Å². The van der Waals surface area contributed by atoms with Gasteiger partial charge in [-0.2, -0.15) is 0 Å². The maximum Gasteiger partial charge on any atom is 0.231 e. The van der Waals surface area contributed by atoms with Crippen molar-refractivity contribution in [1.29, 1.82) is 0 Å². The third-order valence-electron chi connectivity index (χ3n) is 4.59. The molecule has 1 heterocycles. The number of ether oxygens (including phenoxy) is 3. The molecule has 0 N–H and O–H groups in total. The summed E-state index contributed by atoms with van der Waals surface area (Å²) >= 11 is 5.89. The number of hydrogen-bond donors (Lipinski definition) is 0. The Hall–Kier alpha value is -3.57. The Kier molecular flexibility index (Phi) is 5.55. The molecule has 150 valence electrons. The monoisotopic (exact) mass is 420 g/mol. The topological polar surface area (TPSA) is 61.8 Å². The van der Waals surface area contributed by atoms with E-state index in [9.17, 15) is 9.59 Å². The summed E-state index contributed by atoms with van der Waals surface area (Å²) in [5, 5.41) is 0.616. The van der Waals surface area contributed by atoms with Gasteiger partial charge in [0.15, 0.2) is 18.1 Å². The van der Waals surface area contributed by atoms with Gasteiger partial charge in [0.1, 0.15) is 17.2 Å². The zero-order chi connectivity index (χ0) is 21.1. The number of fused-ring (bicyclic) bond motifs is 1. The van der Waals surface area contributed by atoms with Crippen LogP contribution in [0.1, 0.15) is 26.3 Å². The second-order valence-electron chi connectivity index (χ2n) is 6.59. The average Bonchev–Trinajstić information content (AvgIpc) is 3.08. The van der Waals surface area contributed by atoms with Crippen LogP contribution in [0.3, 0.4) is 0 Å². The van der Waals surface area contributed by atoms with Gasteiger partial charge in [0.25, 0.3) is 0 Å². The van der Waals surface area contributed by atoms with Crippen LogP contribution in [0.2, 0.25) is 5.02 Å². The molecular weight excluding hydrogens is 404 g/mol. The van der Waals surface area contributed by atoms with Crippen LogP contribution in [-0.2, 0) is 0 Å². The number of carbonyl (C=O) groups excluding carboxylic acids is 2. The van der Waals surface area contributed by atoms with Crippen molar-refractivity contribution in [2.24, 2.45) is 0 Å². The molecule has 0 amide bonds. The summed E-state index contributed by atoms with van der Waals surface area (Å²) < 4.78 is 16.4. The van der Waals surface area contributed by atoms with Crippen molar-refractivity contribution >= 4 is 29.2 Å². The van der Waals surface area contributed by atoms with E-state index in [0.717, 1.165) is 5.56 Å². The number of carbonyl (C=O) groups is 2. The highest BCUT2D eigenvalue weighted by Crippen LogP contribution is 2.35. The lowest BCUT2D eigenvalue weighted by Crippen LogP contribution is -2.11. The minimum absolute atomic E-state index is 0.132. The van der Waals surface area contributed by atoms with Gasteiger partial charge in [-0.1, -0.05) is 23.7 Å². The van der Waals surface area contributed by atoms with Gasteiger partial charge >= 0.3 is 0 Å². The van der Waals surface area contributed by atoms with Gasteiger partial charge in [0.05, 0.1) is 12.7 Å². The van der Waals surface area contributed by atoms with Gasteiger partial charge < -0.3 is 14.2 Å². The first-order valence-electron chi connectivity index (χ1n) is 9.17. The number of hydrogen-bond acceptors (Lipinski definition) is 5. The Morgan fingerprint density at radius 2 is 1.70 bits per heavy atom. The molecule has 1 aliphatic rings. The lowest BCUT2D eigenvalue weighted by atomic mass is 10.1. The molecule has 0 fully saturated rings. The molecule has 5 nitrogen and oxygen atoms in total. The zero-order valence-corrected chi connectivity index (χ0v) is 16.8. The normalized spacial score (nSPS) is 13.7. The van der Waals surface area contributed by atoms with Crippen LogP contribution in [0.4, 0.5) is 0 Å². The van der Waals surface area contributed by atoms with Crippen molar-refractivity contribution in [3.8, 4) is 17.2 Å². The Morgan fingerprint density at radius 3 is 2.40 bits per heavy atom. The highest BCUT2D eigenvalue weighted by atomic mass is 35.5. The fourth-order valence-electron chi connectivity index (χ4n) is 2.98. The van der Waals surface area contributed by atoms with Gasteiger partial charge in [-0.05, 0) is 60.2 Å². The summed E-state index contributed by atoms with van der Waals surface area (Å²) in [7, 11) is 1.57. The first-order chi connectivity index (χ1) is 14.5. The number of rotatable bonds is 6. The number of methoxy groups -OCH3 is 1. The Morgan fingerprint density at radius 1 is 1.00 bits per heavy atom. The fraction of sp³-hybridized carbons (Fsp3) is 0.0833. The summed E-state index contributed by atoms with van der Waals surface area (Å²) in [6.07, 6.45) is 1.66. The predicted molar refractivity (Wildman–Crippen MR) is 114 cm³/mol. The molecule has 0 saturated carbocycles. The number of ketones is 2. The molecule has 1 aliphatic heterocycles. The second-order valence-corrected chi connectivity index (χ2v) is 7.03. The van der Waals surface area contributed by atoms with Crippen molar-refractivity contribution in [3.63, 3.8) is 0 Å². The molecule has 6 heteroatoms. The predicted octanol–water partition coefficient (Wildman–Crippen LogP) is 5.23. The maximum absolute atomic E-state index is 12.6. The largest absolute Gasteiger partial charge is 0.497 e. The molecule has 0 saturated heterocycles. The molecule has 0 spiro atoms. The van der Waals surface area contributed by atoms with Crippen LogP contribution < -0.4 is 14.2 Å². The standard InChI is InChI=1S/C24H17ClO5/c1-28-18-8-4-16(5-9-18)21(26)14-29-19-10-11-20-22(13-19)30-23(24(20)27)12-15-2-6-17(25)7-3-15/h2-13H,14H2,1H3/b23-12-. The van der Waals surface area contributed by atoms with Crippen molar-refractivity contribution in [1.82, 2.24) is 0 Å². The van der Waals surface area contributed by atoms with Gasteiger partial charge in [0, 0.05) is 16.7 Å². The highest BCUT2D eigenvalue weighted by molar-refractivity contribution is 6.30. The molecule has 3 aromatic rings. The number of benzene rings is 3. The lowest BCUT2D eigenvalue weighted by Gasteiger charge is -2.07. The van der Waals surface area contributed by atoms with E-state index in [2.05, 4.69) is 0 Å². The van der Waals surface area contributed by atoms with E-state index in [1.165, 1.54) is 0 Å². The van der Waals surface area contributed by atoms with Crippen molar-refractivity contribution in [2.45, 2.75) is 0 Å². The van der Waals surface area contributed by atoms with Crippen molar-refractivity contribution in [3.05, 3.63) is 94.2 Å². The summed E-state index contributed by atoms with van der Waals surface area (Å²) in [4.78, 5) is 24.9. The van der Waals surface area contributed by atoms with Gasteiger partial charge in [-0.15, -0.1) is 0 Å². The molecule has 0 atom stereocenters. The maximum atomic E-state index is 12.6. The van der Waals surface area contributed by atoms with E-state index < -0.39 is 0 Å². The minimum Gasteiger partial charge on any atom is -0.497 e. The molecular formula is C24H17ClO5. The first-order valence-corrected chi connectivity index (χ1v) is 9.55. The number of halogens is 1. The molecule has 4 rings (SSSR count). The lowest BCUT2D eigenvalue weighted by molar-refractivity contribution is 0.0921. The van der Waals surface area contributed by atoms with Crippen LogP contribution in [0, 0.1) is 0 Å². The Balaban J connectivity index is 1.44. The SMILES string of the molecule is COc1ccc(C(=O)COc2ccc3c(c2)O/C(=C\c2ccc(Cl)cc2)C3=O)cc1. The average molecular weight is 421 g/mol. The quantitative estimate of drug-likeness (QED) is 0.404. The van der Waals surface area contributed by atoms with Gasteiger partial charge in [0.2, 0.25) is 5.78 Å². The Bertz CT molecular complexity index is 1130. The smallest absolute Gasteiger partial charge is 0.231 e. The van der Waals surface area contributed by atoms with Gasteiger partial charge in [-0.25, -0.2) is 0 Å². The van der Waals surface area contributed by atoms with Crippen LogP contribution in [0.5, 0.6) is 17.2 Å². The minimum atomic E-state index is -0.208. The Labute approximate surface area is 178 Å². The van der Waals surface area contributed by atoms with E-state index in [-0.39, 0.29) is 23.9 Å². The second kappa shape index (κ2) is 8.43. The third-order valence-corrected chi connectivity index (χ3v) is 4.84. The number of allylic oxidation sites excluding steroid dienone is 1. The third kappa shape index (κ3) is 4.21.